The van der Waals surface area contributed by atoms with Gasteiger partial charge in [0, 0.05) is 18.1 Å². The summed E-state index contributed by atoms with van der Waals surface area (Å²) in [7, 11) is 1.55. The molecular weight excluding hydrogens is 244 g/mol. The molecular formula is C15H18O4. The maximum Gasteiger partial charge on any atom is 0.372 e. The minimum absolute atomic E-state index is 0.0203. The molecule has 1 aromatic carbocycles. The summed E-state index contributed by atoms with van der Waals surface area (Å²) >= 11 is 0. The maximum atomic E-state index is 11.3. The Kier molecular flexibility index (Phi) is 3.62. The predicted octanol–water partition coefficient (Wildman–Crippen LogP) is 3.71. The monoisotopic (exact) mass is 262 g/mol. The molecule has 1 N–H and O–H groups in total. The lowest BCUT2D eigenvalue weighted by Crippen LogP contribution is -2.00. The Morgan fingerprint density at radius 2 is 2.11 bits per heavy atom. The molecule has 0 radical (unpaired) electrons. The number of methoxy groups -OCH3 is 1. The van der Waals surface area contributed by atoms with E-state index in [-0.39, 0.29) is 18.3 Å². The lowest BCUT2D eigenvalue weighted by Gasteiger charge is -2.07. The van der Waals surface area contributed by atoms with Gasteiger partial charge in [-0.05, 0) is 24.0 Å². The number of benzene rings is 1. The molecule has 0 aliphatic carbocycles. The Labute approximate surface area is 112 Å². The molecule has 0 saturated heterocycles. The van der Waals surface area contributed by atoms with Gasteiger partial charge in [-0.3, -0.25) is 0 Å². The summed E-state index contributed by atoms with van der Waals surface area (Å²) in [5.41, 5.74) is 3.30. The van der Waals surface area contributed by atoms with Crippen LogP contribution in [0.2, 0.25) is 0 Å². The molecule has 1 aromatic heterocycles. The highest BCUT2D eigenvalue weighted by atomic mass is 16.5. The zero-order valence-corrected chi connectivity index (χ0v) is 11.6. The second kappa shape index (κ2) is 5.05. The molecule has 102 valence electrons. The minimum atomic E-state index is -1.06. The zero-order valence-electron chi connectivity index (χ0n) is 11.6. The maximum absolute atomic E-state index is 11.3. The average molecular weight is 262 g/mol. The first-order valence-electron chi connectivity index (χ1n) is 6.24. The van der Waals surface area contributed by atoms with E-state index in [9.17, 15) is 9.90 Å². The quantitative estimate of drug-likeness (QED) is 0.912. The van der Waals surface area contributed by atoms with E-state index >= 15 is 0 Å². The third-order valence-electron chi connectivity index (χ3n) is 3.28. The lowest BCUT2D eigenvalue weighted by atomic mass is 9.97. The summed E-state index contributed by atoms with van der Waals surface area (Å²) < 4.78 is 10.7. The predicted molar refractivity (Wildman–Crippen MR) is 72.7 cm³/mol. The summed E-state index contributed by atoms with van der Waals surface area (Å²) in [6.45, 7) is 6.30. The number of hydrogen-bond donors (Lipinski definition) is 1. The fourth-order valence-electron chi connectivity index (χ4n) is 2.37. The molecule has 0 aliphatic rings. The van der Waals surface area contributed by atoms with E-state index in [1.807, 2.05) is 19.1 Å². The topological polar surface area (TPSA) is 59.7 Å². The van der Waals surface area contributed by atoms with Crippen LogP contribution in [0.5, 0.6) is 0 Å². The second-order valence-corrected chi connectivity index (χ2v) is 4.98. The molecule has 1 heterocycles. The van der Waals surface area contributed by atoms with Crippen molar-refractivity contribution in [3.05, 3.63) is 34.6 Å². The molecule has 0 atom stereocenters. The first-order chi connectivity index (χ1) is 8.97. The van der Waals surface area contributed by atoms with Gasteiger partial charge in [0.2, 0.25) is 5.76 Å². The first-order valence-corrected chi connectivity index (χ1v) is 6.24. The van der Waals surface area contributed by atoms with Crippen LogP contribution in [0, 0.1) is 6.92 Å². The smallest absolute Gasteiger partial charge is 0.372 e. The van der Waals surface area contributed by atoms with Gasteiger partial charge < -0.3 is 14.3 Å². The van der Waals surface area contributed by atoms with Gasteiger partial charge in [-0.2, -0.15) is 0 Å². The number of hydrogen-bond acceptors (Lipinski definition) is 3. The van der Waals surface area contributed by atoms with E-state index in [0.717, 1.165) is 16.5 Å². The van der Waals surface area contributed by atoms with Crippen LogP contribution < -0.4 is 0 Å². The molecule has 0 amide bonds. The highest BCUT2D eigenvalue weighted by Crippen LogP contribution is 2.34. The van der Waals surface area contributed by atoms with Gasteiger partial charge in [0.1, 0.15) is 5.58 Å². The minimum Gasteiger partial charge on any atom is -0.475 e. The van der Waals surface area contributed by atoms with E-state index in [1.165, 1.54) is 0 Å². The molecule has 4 nitrogen and oxygen atoms in total. The summed E-state index contributed by atoms with van der Waals surface area (Å²) in [4.78, 5) is 11.3. The van der Waals surface area contributed by atoms with Crippen molar-refractivity contribution >= 4 is 16.9 Å². The molecule has 0 bridgehead atoms. The van der Waals surface area contributed by atoms with Crippen LogP contribution >= 0.6 is 0 Å². The van der Waals surface area contributed by atoms with Crippen molar-refractivity contribution < 1.29 is 19.1 Å². The van der Waals surface area contributed by atoms with Crippen molar-refractivity contribution in [3.8, 4) is 0 Å². The normalized spacial score (nSPS) is 11.4. The van der Waals surface area contributed by atoms with E-state index in [1.54, 1.807) is 7.11 Å². The fraction of sp³-hybridized carbons (Fsp3) is 0.400. The summed E-state index contributed by atoms with van der Waals surface area (Å²) in [5.74, 6) is -0.809. The van der Waals surface area contributed by atoms with E-state index in [2.05, 4.69) is 13.8 Å². The van der Waals surface area contributed by atoms with Crippen molar-refractivity contribution in [2.75, 3.05) is 7.11 Å². The standard InChI is InChI=1S/C15H18O4/c1-8(2)10-6-5-9(3)12-11(7-18-4)14(15(16)17)19-13(10)12/h5-6,8H,7H2,1-4H3,(H,16,17). The van der Waals surface area contributed by atoms with Crippen molar-refractivity contribution in [2.45, 2.75) is 33.3 Å². The van der Waals surface area contributed by atoms with Crippen molar-refractivity contribution in [2.24, 2.45) is 0 Å². The number of fused-ring (bicyclic) bond motifs is 1. The number of aromatic carboxylic acids is 1. The van der Waals surface area contributed by atoms with Gasteiger partial charge in [-0.1, -0.05) is 26.0 Å². The van der Waals surface area contributed by atoms with Gasteiger partial charge in [-0.25, -0.2) is 4.79 Å². The number of rotatable bonds is 4. The van der Waals surface area contributed by atoms with Crippen molar-refractivity contribution in [3.63, 3.8) is 0 Å². The van der Waals surface area contributed by atoms with Gasteiger partial charge in [0.25, 0.3) is 0 Å². The highest BCUT2D eigenvalue weighted by Gasteiger charge is 2.23. The third-order valence-corrected chi connectivity index (χ3v) is 3.28. The molecule has 4 heteroatoms. The molecule has 0 saturated carbocycles. The summed E-state index contributed by atoms with van der Waals surface area (Å²) in [5, 5.41) is 10.1. The Morgan fingerprint density at radius 1 is 1.42 bits per heavy atom. The number of carboxylic acid groups (broad SMARTS) is 1. The number of ether oxygens (including phenoxy) is 1. The van der Waals surface area contributed by atoms with Gasteiger partial charge in [0.05, 0.1) is 6.61 Å². The lowest BCUT2D eigenvalue weighted by molar-refractivity contribution is 0.0658. The van der Waals surface area contributed by atoms with Crippen molar-refractivity contribution in [1.29, 1.82) is 0 Å². The number of carbonyl (C=O) groups is 1. The van der Waals surface area contributed by atoms with E-state index in [4.69, 9.17) is 9.15 Å². The summed E-state index contributed by atoms with van der Waals surface area (Å²) in [6, 6.07) is 3.99. The molecule has 0 unspecified atom stereocenters. The van der Waals surface area contributed by atoms with Crippen LogP contribution in [0.25, 0.3) is 11.0 Å². The molecule has 0 spiro atoms. The highest BCUT2D eigenvalue weighted by molar-refractivity contribution is 5.97. The van der Waals surface area contributed by atoms with Crippen LogP contribution in [0.4, 0.5) is 0 Å². The Balaban J connectivity index is 2.84. The number of aryl methyl sites for hydroxylation is 1. The van der Waals surface area contributed by atoms with Gasteiger partial charge in [0.15, 0.2) is 0 Å². The SMILES string of the molecule is COCc1c(C(=O)O)oc2c(C(C)C)ccc(C)c12. The van der Waals surface area contributed by atoms with Crippen LogP contribution in [0.3, 0.4) is 0 Å². The Bertz CT molecular complexity index is 623. The number of carboxylic acids is 1. The molecule has 2 aromatic rings. The van der Waals surface area contributed by atoms with E-state index in [0.29, 0.717) is 11.1 Å². The van der Waals surface area contributed by atoms with Gasteiger partial charge in [-0.15, -0.1) is 0 Å². The van der Waals surface area contributed by atoms with Crippen LogP contribution in [-0.2, 0) is 11.3 Å². The van der Waals surface area contributed by atoms with Crippen molar-refractivity contribution in [1.82, 2.24) is 0 Å². The second-order valence-electron chi connectivity index (χ2n) is 4.98. The average Bonchev–Trinajstić information content (AvgIpc) is 2.70. The van der Waals surface area contributed by atoms with Crippen LogP contribution in [-0.4, -0.2) is 18.2 Å². The largest absolute Gasteiger partial charge is 0.475 e. The summed E-state index contributed by atoms with van der Waals surface area (Å²) in [6.07, 6.45) is 0. The molecule has 19 heavy (non-hydrogen) atoms. The molecule has 0 fully saturated rings. The fourth-order valence-corrected chi connectivity index (χ4v) is 2.37. The third kappa shape index (κ3) is 2.24. The number of furan rings is 1. The Morgan fingerprint density at radius 3 is 2.63 bits per heavy atom. The van der Waals surface area contributed by atoms with Gasteiger partial charge >= 0.3 is 5.97 Å². The molecule has 2 rings (SSSR count). The Hall–Kier alpha value is -1.81. The van der Waals surface area contributed by atoms with Crippen LogP contribution in [0.1, 0.15) is 47.0 Å². The molecule has 0 aliphatic heterocycles. The zero-order chi connectivity index (χ0) is 14.2. The van der Waals surface area contributed by atoms with Crippen LogP contribution in [0.15, 0.2) is 16.5 Å². The van der Waals surface area contributed by atoms with E-state index < -0.39 is 5.97 Å². The first kappa shape index (κ1) is 13.6.